The summed E-state index contributed by atoms with van der Waals surface area (Å²) in [5, 5.41) is 8.08. The first kappa shape index (κ1) is 15.9. The van der Waals surface area contributed by atoms with Gasteiger partial charge in [0.15, 0.2) is 5.78 Å². The summed E-state index contributed by atoms with van der Waals surface area (Å²) >= 11 is 2.89. The lowest BCUT2D eigenvalue weighted by Crippen LogP contribution is -2.22. The van der Waals surface area contributed by atoms with Crippen LogP contribution in [0.15, 0.2) is 16.8 Å². The molecule has 2 aromatic heterocycles. The molecule has 21 heavy (non-hydrogen) atoms. The molecular formula is C15H18N2O2S2. The molecule has 0 spiro atoms. The van der Waals surface area contributed by atoms with Crippen molar-refractivity contribution < 1.29 is 9.59 Å². The molecule has 0 bridgehead atoms. The molecule has 0 aromatic carbocycles. The highest BCUT2D eigenvalue weighted by atomic mass is 32.1. The van der Waals surface area contributed by atoms with Crippen LogP contribution in [-0.4, -0.2) is 16.7 Å². The van der Waals surface area contributed by atoms with Crippen molar-refractivity contribution in [2.45, 2.75) is 34.1 Å². The van der Waals surface area contributed by atoms with E-state index in [4.69, 9.17) is 0 Å². The van der Waals surface area contributed by atoms with E-state index in [1.807, 2.05) is 38.5 Å². The molecule has 0 aliphatic rings. The predicted octanol–water partition coefficient (Wildman–Crippen LogP) is 3.92. The maximum absolute atomic E-state index is 12.3. The van der Waals surface area contributed by atoms with Crippen molar-refractivity contribution in [3.8, 4) is 0 Å². The molecule has 2 heterocycles. The molecule has 4 nitrogen and oxygen atoms in total. The number of rotatable bonds is 4. The third kappa shape index (κ3) is 3.98. The Morgan fingerprint density at radius 3 is 2.57 bits per heavy atom. The molecule has 112 valence electrons. The van der Waals surface area contributed by atoms with Crippen molar-refractivity contribution in [2.24, 2.45) is 5.41 Å². The first-order valence-corrected chi connectivity index (χ1v) is 8.36. The van der Waals surface area contributed by atoms with Gasteiger partial charge in [0.05, 0.1) is 22.7 Å². The van der Waals surface area contributed by atoms with Gasteiger partial charge in [-0.3, -0.25) is 9.59 Å². The molecule has 0 fully saturated rings. The fourth-order valence-electron chi connectivity index (χ4n) is 1.81. The average molecular weight is 322 g/mol. The second-order valence-corrected chi connectivity index (χ2v) is 7.80. The Kier molecular flexibility index (Phi) is 4.58. The SMILES string of the molecule is Cc1nc(CC(=O)Nc2sccc2C(=O)C(C)(C)C)cs1. The number of amides is 1. The number of thiophene rings is 1. The summed E-state index contributed by atoms with van der Waals surface area (Å²) in [5.41, 5.74) is 0.873. The maximum atomic E-state index is 12.3. The van der Waals surface area contributed by atoms with Crippen molar-refractivity contribution in [1.29, 1.82) is 0 Å². The predicted molar refractivity (Wildman–Crippen MR) is 87.3 cm³/mol. The van der Waals surface area contributed by atoms with Gasteiger partial charge in [0, 0.05) is 10.8 Å². The van der Waals surface area contributed by atoms with Crippen LogP contribution in [0.5, 0.6) is 0 Å². The number of carbonyl (C=O) groups is 2. The minimum atomic E-state index is -0.466. The van der Waals surface area contributed by atoms with Crippen molar-refractivity contribution in [3.63, 3.8) is 0 Å². The van der Waals surface area contributed by atoms with Crippen molar-refractivity contribution in [3.05, 3.63) is 33.1 Å². The average Bonchev–Trinajstić information content (AvgIpc) is 2.96. The second kappa shape index (κ2) is 6.07. The van der Waals surface area contributed by atoms with Crippen LogP contribution in [0.1, 0.15) is 41.8 Å². The molecule has 0 aliphatic heterocycles. The summed E-state index contributed by atoms with van der Waals surface area (Å²) in [4.78, 5) is 28.7. The van der Waals surface area contributed by atoms with Gasteiger partial charge >= 0.3 is 0 Å². The van der Waals surface area contributed by atoms with Crippen LogP contribution in [-0.2, 0) is 11.2 Å². The Labute approximate surface area is 132 Å². The van der Waals surface area contributed by atoms with Gasteiger partial charge in [-0.25, -0.2) is 4.98 Å². The number of carbonyl (C=O) groups excluding carboxylic acids is 2. The lowest BCUT2D eigenvalue weighted by atomic mass is 9.87. The second-order valence-electron chi connectivity index (χ2n) is 5.83. The highest BCUT2D eigenvalue weighted by Crippen LogP contribution is 2.30. The normalized spacial score (nSPS) is 11.4. The fraction of sp³-hybridized carbons (Fsp3) is 0.400. The van der Waals surface area contributed by atoms with Crippen LogP contribution in [0.4, 0.5) is 5.00 Å². The summed E-state index contributed by atoms with van der Waals surface area (Å²) in [7, 11) is 0. The summed E-state index contributed by atoms with van der Waals surface area (Å²) in [6, 6.07) is 1.76. The number of ketones is 1. The Morgan fingerprint density at radius 1 is 1.29 bits per heavy atom. The Balaban J connectivity index is 2.08. The van der Waals surface area contributed by atoms with Crippen LogP contribution in [0, 0.1) is 12.3 Å². The molecule has 2 rings (SSSR count). The molecule has 0 unspecified atom stereocenters. The highest BCUT2D eigenvalue weighted by Gasteiger charge is 2.26. The zero-order valence-electron chi connectivity index (χ0n) is 12.5. The number of thiazole rings is 1. The van der Waals surface area contributed by atoms with Crippen LogP contribution in [0.2, 0.25) is 0 Å². The third-order valence-electron chi connectivity index (χ3n) is 2.85. The minimum Gasteiger partial charge on any atom is -0.317 e. The van der Waals surface area contributed by atoms with Crippen LogP contribution in [0.25, 0.3) is 0 Å². The van der Waals surface area contributed by atoms with Crippen molar-refractivity contribution in [1.82, 2.24) is 4.98 Å². The number of nitrogens with zero attached hydrogens (tertiary/aromatic N) is 1. The smallest absolute Gasteiger partial charge is 0.231 e. The quantitative estimate of drug-likeness (QED) is 0.868. The van der Waals surface area contributed by atoms with Gasteiger partial charge in [0.25, 0.3) is 0 Å². The summed E-state index contributed by atoms with van der Waals surface area (Å²) in [6.07, 6.45) is 0.228. The van der Waals surface area contributed by atoms with E-state index >= 15 is 0 Å². The van der Waals surface area contributed by atoms with E-state index in [1.54, 1.807) is 6.07 Å². The fourth-order valence-corrected chi connectivity index (χ4v) is 3.23. The van der Waals surface area contributed by atoms with Crippen LogP contribution >= 0.6 is 22.7 Å². The Morgan fingerprint density at radius 2 is 2.00 bits per heavy atom. The first-order chi connectivity index (χ1) is 9.77. The number of Topliss-reactive ketones (excluding diaryl/α,β-unsaturated/α-hetero) is 1. The largest absolute Gasteiger partial charge is 0.317 e. The van der Waals surface area contributed by atoms with Gasteiger partial charge in [-0.1, -0.05) is 20.8 Å². The number of hydrogen-bond donors (Lipinski definition) is 1. The van der Waals surface area contributed by atoms with Gasteiger partial charge in [-0.05, 0) is 18.4 Å². The van der Waals surface area contributed by atoms with E-state index in [1.165, 1.54) is 22.7 Å². The third-order valence-corrected chi connectivity index (χ3v) is 4.50. The molecule has 1 N–H and O–H groups in total. The molecule has 6 heteroatoms. The van der Waals surface area contributed by atoms with Crippen LogP contribution < -0.4 is 5.32 Å². The standard InChI is InChI=1S/C15H18N2O2S2/c1-9-16-10(8-21-9)7-12(18)17-14-11(5-6-20-14)13(19)15(2,3)4/h5-6,8H,7H2,1-4H3,(H,17,18). The lowest BCUT2D eigenvalue weighted by Gasteiger charge is -2.16. The molecule has 0 atom stereocenters. The van der Waals surface area contributed by atoms with Gasteiger partial charge in [-0.2, -0.15) is 0 Å². The van der Waals surface area contributed by atoms with Gasteiger partial charge in [0.2, 0.25) is 5.91 Å². The zero-order chi connectivity index (χ0) is 15.6. The molecule has 0 radical (unpaired) electrons. The molecule has 0 saturated carbocycles. The number of aromatic nitrogens is 1. The number of aryl methyl sites for hydroxylation is 1. The topological polar surface area (TPSA) is 59.1 Å². The van der Waals surface area contributed by atoms with E-state index < -0.39 is 5.41 Å². The molecule has 2 aromatic rings. The van der Waals surface area contributed by atoms with Gasteiger partial charge < -0.3 is 5.32 Å². The lowest BCUT2D eigenvalue weighted by molar-refractivity contribution is -0.115. The van der Waals surface area contributed by atoms with E-state index in [-0.39, 0.29) is 18.1 Å². The van der Waals surface area contributed by atoms with E-state index in [0.717, 1.165) is 10.7 Å². The summed E-state index contributed by atoms with van der Waals surface area (Å²) in [5.74, 6) is -0.116. The Bertz CT molecular complexity index is 665. The summed E-state index contributed by atoms with van der Waals surface area (Å²) < 4.78 is 0. The monoisotopic (exact) mass is 322 g/mol. The minimum absolute atomic E-state index is 0.0311. The summed E-state index contributed by atoms with van der Waals surface area (Å²) in [6.45, 7) is 7.52. The van der Waals surface area contributed by atoms with Gasteiger partial charge in [-0.15, -0.1) is 22.7 Å². The number of hydrogen-bond acceptors (Lipinski definition) is 5. The van der Waals surface area contributed by atoms with E-state index in [0.29, 0.717) is 10.6 Å². The molecular weight excluding hydrogens is 304 g/mol. The zero-order valence-corrected chi connectivity index (χ0v) is 14.2. The number of nitrogens with one attached hydrogen (secondary N) is 1. The highest BCUT2D eigenvalue weighted by molar-refractivity contribution is 7.14. The molecule has 0 aliphatic carbocycles. The molecule has 0 saturated heterocycles. The van der Waals surface area contributed by atoms with Crippen LogP contribution in [0.3, 0.4) is 0 Å². The van der Waals surface area contributed by atoms with Gasteiger partial charge in [0.1, 0.15) is 5.00 Å². The van der Waals surface area contributed by atoms with E-state index in [9.17, 15) is 9.59 Å². The number of anilines is 1. The maximum Gasteiger partial charge on any atom is 0.231 e. The van der Waals surface area contributed by atoms with Crippen molar-refractivity contribution >= 4 is 39.4 Å². The Hall–Kier alpha value is -1.53. The first-order valence-electron chi connectivity index (χ1n) is 6.60. The van der Waals surface area contributed by atoms with E-state index in [2.05, 4.69) is 10.3 Å². The molecule has 1 amide bonds. The van der Waals surface area contributed by atoms with Crippen molar-refractivity contribution in [2.75, 3.05) is 5.32 Å².